The van der Waals surface area contributed by atoms with Gasteiger partial charge >= 0.3 is 5.97 Å². The molecule has 0 saturated heterocycles. The van der Waals surface area contributed by atoms with Crippen molar-refractivity contribution < 1.29 is 19.4 Å². The lowest BCUT2D eigenvalue weighted by molar-refractivity contribution is 0.0693. The lowest BCUT2D eigenvalue weighted by Gasteiger charge is -2.10. The van der Waals surface area contributed by atoms with Crippen LogP contribution < -0.4 is 15.8 Å². The number of anilines is 2. The minimum absolute atomic E-state index is 0.0738. The van der Waals surface area contributed by atoms with Crippen LogP contribution in [0.25, 0.3) is 0 Å². The van der Waals surface area contributed by atoms with Crippen LogP contribution in [0.4, 0.5) is 10.8 Å². The third-order valence-electron chi connectivity index (χ3n) is 2.52. The molecule has 0 aliphatic heterocycles. The van der Waals surface area contributed by atoms with Gasteiger partial charge in [-0.3, -0.25) is 4.79 Å². The summed E-state index contributed by atoms with van der Waals surface area (Å²) in [5, 5.41) is 13.4. The summed E-state index contributed by atoms with van der Waals surface area (Å²) >= 11 is 7.10. The highest BCUT2D eigenvalue weighted by molar-refractivity contribution is 7.13. The summed E-state index contributed by atoms with van der Waals surface area (Å²) in [6.45, 7) is 0. The number of carbonyl (C=O) groups excluding carboxylic acids is 1. The summed E-state index contributed by atoms with van der Waals surface area (Å²) in [6, 6.07) is 2.53. The maximum absolute atomic E-state index is 12.0. The Kier molecular flexibility index (Phi) is 4.29. The summed E-state index contributed by atoms with van der Waals surface area (Å²) in [5.74, 6) is -1.60. The second-order valence-electron chi connectivity index (χ2n) is 3.86. The summed E-state index contributed by atoms with van der Waals surface area (Å²) in [6.07, 6.45) is 0. The molecular formula is C12H10ClN3O4S. The van der Waals surface area contributed by atoms with Crippen LogP contribution in [0.1, 0.15) is 20.8 Å². The topological polar surface area (TPSA) is 115 Å². The van der Waals surface area contributed by atoms with Gasteiger partial charge < -0.3 is 20.9 Å². The van der Waals surface area contributed by atoms with Crippen LogP contribution in [-0.2, 0) is 0 Å². The van der Waals surface area contributed by atoms with Gasteiger partial charge in [-0.15, -0.1) is 11.3 Å². The average Bonchev–Trinajstić information content (AvgIpc) is 2.87. The number of nitrogens with zero attached hydrogens (tertiary/aromatic N) is 1. The van der Waals surface area contributed by atoms with E-state index in [4.69, 9.17) is 27.2 Å². The van der Waals surface area contributed by atoms with Crippen LogP contribution in [-0.4, -0.2) is 29.1 Å². The summed E-state index contributed by atoms with van der Waals surface area (Å²) in [4.78, 5) is 26.8. The van der Waals surface area contributed by atoms with Gasteiger partial charge in [0.2, 0.25) is 0 Å². The normalized spacial score (nSPS) is 10.2. The van der Waals surface area contributed by atoms with E-state index < -0.39 is 11.9 Å². The van der Waals surface area contributed by atoms with E-state index in [-0.39, 0.29) is 32.8 Å². The van der Waals surface area contributed by atoms with Crippen molar-refractivity contribution in [3.63, 3.8) is 0 Å². The van der Waals surface area contributed by atoms with E-state index in [1.807, 2.05) is 0 Å². The number of aromatic carboxylic acids is 1. The standard InChI is InChI=1S/C12H10ClN3O4S/c1-20-9-3-7(6(13)2-5(9)11(18)19)15-10(17)8-4-21-12(14)16-8/h2-4H,1H3,(H2,14,16)(H,15,17)(H,18,19). The molecule has 0 saturated carbocycles. The Hall–Kier alpha value is -2.32. The number of aromatic nitrogens is 1. The number of nitrogens with two attached hydrogens (primary N) is 1. The molecule has 1 amide bonds. The van der Waals surface area contributed by atoms with Crippen molar-refractivity contribution in [1.82, 2.24) is 4.98 Å². The van der Waals surface area contributed by atoms with Crippen LogP contribution >= 0.6 is 22.9 Å². The highest BCUT2D eigenvalue weighted by Gasteiger charge is 2.17. The molecule has 21 heavy (non-hydrogen) atoms. The smallest absolute Gasteiger partial charge is 0.339 e. The first-order valence-corrected chi connectivity index (χ1v) is 6.81. The number of hydrogen-bond acceptors (Lipinski definition) is 6. The van der Waals surface area contributed by atoms with Crippen molar-refractivity contribution in [3.05, 3.63) is 33.8 Å². The quantitative estimate of drug-likeness (QED) is 0.794. The second kappa shape index (κ2) is 5.98. The predicted octanol–water partition coefficient (Wildman–Crippen LogP) is 2.34. The number of carbonyl (C=O) groups is 2. The molecule has 0 aliphatic rings. The lowest BCUT2D eigenvalue weighted by atomic mass is 10.1. The van der Waals surface area contributed by atoms with Gasteiger partial charge in [-0.1, -0.05) is 11.6 Å². The Morgan fingerprint density at radius 3 is 2.71 bits per heavy atom. The number of amides is 1. The van der Waals surface area contributed by atoms with Gasteiger partial charge in [0.05, 0.1) is 17.8 Å². The van der Waals surface area contributed by atoms with Gasteiger partial charge in [-0.05, 0) is 6.07 Å². The molecular weight excluding hydrogens is 318 g/mol. The van der Waals surface area contributed by atoms with Crippen LogP contribution in [0.2, 0.25) is 5.02 Å². The molecule has 1 aromatic heterocycles. The Morgan fingerprint density at radius 2 is 2.19 bits per heavy atom. The van der Waals surface area contributed by atoms with Crippen LogP contribution in [0, 0.1) is 0 Å². The molecule has 4 N–H and O–H groups in total. The number of benzene rings is 1. The van der Waals surface area contributed by atoms with Crippen molar-refractivity contribution in [1.29, 1.82) is 0 Å². The first-order chi connectivity index (χ1) is 9.92. The number of rotatable bonds is 4. The predicted molar refractivity (Wildman–Crippen MR) is 79.4 cm³/mol. The van der Waals surface area contributed by atoms with E-state index in [0.717, 1.165) is 11.3 Å². The molecule has 1 heterocycles. The van der Waals surface area contributed by atoms with Crippen molar-refractivity contribution in [2.24, 2.45) is 0 Å². The summed E-state index contributed by atoms with van der Waals surface area (Å²) in [5.41, 5.74) is 5.72. The number of carboxylic acid groups (broad SMARTS) is 1. The molecule has 0 aliphatic carbocycles. The average molecular weight is 328 g/mol. The van der Waals surface area contributed by atoms with E-state index in [0.29, 0.717) is 0 Å². The van der Waals surface area contributed by atoms with Gasteiger partial charge in [0.15, 0.2) is 5.13 Å². The number of nitrogen functional groups attached to an aromatic ring is 1. The van der Waals surface area contributed by atoms with E-state index >= 15 is 0 Å². The Labute approximate surface area is 128 Å². The largest absolute Gasteiger partial charge is 0.496 e. The minimum atomic E-state index is -1.18. The lowest BCUT2D eigenvalue weighted by Crippen LogP contribution is -2.13. The molecule has 0 radical (unpaired) electrons. The SMILES string of the molecule is COc1cc(NC(=O)c2csc(N)n2)c(Cl)cc1C(=O)O. The first-order valence-electron chi connectivity index (χ1n) is 5.55. The van der Waals surface area contributed by atoms with Crippen molar-refractivity contribution in [3.8, 4) is 5.75 Å². The second-order valence-corrected chi connectivity index (χ2v) is 5.16. The van der Waals surface area contributed by atoms with Crippen molar-refractivity contribution in [2.75, 3.05) is 18.2 Å². The van der Waals surface area contributed by atoms with E-state index in [1.54, 1.807) is 0 Å². The Bertz CT molecular complexity index is 717. The third-order valence-corrected chi connectivity index (χ3v) is 3.51. The van der Waals surface area contributed by atoms with Gasteiger partial charge in [-0.25, -0.2) is 9.78 Å². The molecule has 2 rings (SSSR count). The van der Waals surface area contributed by atoms with Crippen LogP contribution in [0.15, 0.2) is 17.5 Å². The number of thiazole rings is 1. The number of nitrogens with one attached hydrogen (secondary N) is 1. The fraction of sp³-hybridized carbons (Fsp3) is 0.0833. The minimum Gasteiger partial charge on any atom is -0.496 e. The molecule has 0 bridgehead atoms. The first kappa shape index (κ1) is 15.1. The fourth-order valence-corrected chi connectivity index (χ4v) is 2.32. The van der Waals surface area contributed by atoms with Crippen molar-refractivity contribution >= 4 is 45.6 Å². The number of methoxy groups -OCH3 is 1. The van der Waals surface area contributed by atoms with E-state index in [1.165, 1.54) is 24.6 Å². The van der Waals surface area contributed by atoms with Gasteiger partial charge in [0.1, 0.15) is 17.0 Å². The summed E-state index contributed by atoms with van der Waals surface area (Å²) in [7, 11) is 1.32. The van der Waals surface area contributed by atoms with Gasteiger partial charge in [-0.2, -0.15) is 0 Å². The number of hydrogen-bond donors (Lipinski definition) is 3. The third kappa shape index (κ3) is 3.23. The van der Waals surface area contributed by atoms with Crippen LogP contribution in [0.5, 0.6) is 5.75 Å². The van der Waals surface area contributed by atoms with Gasteiger partial charge in [0, 0.05) is 11.4 Å². The van der Waals surface area contributed by atoms with E-state index in [2.05, 4.69) is 10.3 Å². The maximum atomic E-state index is 12.0. The Morgan fingerprint density at radius 1 is 1.48 bits per heavy atom. The number of carboxylic acids is 1. The van der Waals surface area contributed by atoms with E-state index in [9.17, 15) is 9.59 Å². The Balaban J connectivity index is 2.32. The molecule has 110 valence electrons. The molecule has 0 spiro atoms. The molecule has 7 nitrogen and oxygen atoms in total. The monoisotopic (exact) mass is 327 g/mol. The molecule has 9 heteroatoms. The zero-order chi connectivity index (χ0) is 15.6. The maximum Gasteiger partial charge on any atom is 0.339 e. The zero-order valence-electron chi connectivity index (χ0n) is 10.7. The van der Waals surface area contributed by atoms with Crippen molar-refractivity contribution in [2.45, 2.75) is 0 Å². The molecule has 0 atom stereocenters. The van der Waals surface area contributed by atoms with Gasteiger partial charge in [0.25, 0.3) is 5.91 Å². The molecule has 0 unspecified atom stereocenters. The number of halogens is 1. The highest BCUT2D eigenvalue weighted by atomic mass is 35.5. The summed E-state index contributed by atoms with van der Waals surface area (Å²) < 4.78 is 4.97. The zero-order valence-corrected chi connectivity index (χ0v) is 12.3. The molecule has 2 aromatic rings. The van der Waals surface area contributed by atoms with Crippen LogP contribution in [0.3, 0.4) is 0 Å². The number of ether oxygens (including phenoxy) is 1. The highest BCUT2D eigenvalue weighted by Crippen LogP contribution is 2.31. The molecule has 1 aromatic carbocycles. The fourth-order valence-electron chi connectivity index (χ4n) is 1.56. The molecule has 0 fully saturated rings.